The number of amidine groups is 1. The number of aliphatic imine (C=N–C) groups is 1. The van der Waals surface area contributed by atoms with E-state index < -0.39 is 35.5 Å². The molecule has 51 heavy (non-hydrogen) atoms. The number of likely N-dealkylation sites (tertiary alicyclic amines) is 2. The molecular formula is C38H46Cl2FN5O4S. The molecule has 2 fully saturated rings. The number of likely N-dealkylation sites (N-methyl/N-ethyl adjacent to an activating group) is 1. The van der Waals surface area contributed by atoms with Gasteiger partial charge in [0, 0.05) is 35.4 Å². The van der Waals surface area contributed by atoms with Gasteiger partial charge in [0.15, 0.2) is 5.17 Å². The van der Waals surface area contributed by atoms with E-state index in [1.54, 1.807) is 25.7 Å². The predicted molar refractivity (Wildman–Crippen MR) is 200 cm³/mol. The minimum Gasteiger partial charge on any atom is -0.444 e. The van der Waals surface area contributed by atoms with Crippen molar-refractivity contribution in [2.24, 2.45) is 10.9 Å². The Morgan fingerprint density at radius 2 is 1.63 bits per heavy atom. The van der Waals surface area contributed by atoms with Crippen molar-refractivity contribution in [3.05, 3.63) is 80.3 Å². The monoisotopic (exact) mass is 757 g/mol. The molecule has 2 unspecified atom stereocenters. The van der Waals surface area contributed by atoms with E-state index >= 15 is 4.39 Å². The third-order valence-corrected chi connectivity index (χ3v) is 11.8. The molecular weight excluding hydrogens is 712 g/mol. The fourth-order valence-corrected chi connectivity index (χ4v) is 9.33. The van der Waals surface area contributed by atoms with Gasteiger partial charge < -0.3 is 24.3 Å². The van der Waals surface area contributed by atoms with Crippen LogP contribution >= 0.6 is 35.0 Å². The number of ether oxygens (including phenoxy) is 1. The summed E-state index contributed by atoms with van der Waals surface area (Å²) in [5.74, 6) is -0.600. The second kappa shape index (κ2) is 13.9. The van der Waals surface area contributed by atoms with Crippen LogP contribution in [0.2, 0.25) is 10.0 Å². The summed E-state index contributed by atoms with van der Waals surface area (Å²) in [5, 5.41) is 1.96. The molecule has 4 heterocycles. The molecule has 0 spiro atoms. The molecule has 274 valence electrons. The number of amides is 3. The van der Waals surface area contributed by atoms with Gasteiger partial charge in [0.2, 0.25) is 5.91 Å². The molecule has 4 aliphatic heterocycles. The van der Waals surface area contributed by atoms with Crippen LogP contribution in [0.4, 0.5) is 9.18 Å². The predicted octanol–water partition coefficient (Wildman–Crippen LogP) is 8.03. The molecule has 13 heteroatoms. The van der Waals surface area contributed by atoms with Gasteiger partial charge in [-0.1, -0.05) is 61.3 Å². The van der Waals surface area contributed by atoms with Gasteiger partial charge >= 0.3 is 6.09 Å². The first-order valence-corrected chi connectivity index (χ1v) is 19.0. The Kier molecular flexibility index (Phi) is 10.2. The highest BCUT2D eigenvalue weighted by Crippen LogP contribution is 2.56. The fraction of sp³-hybridized carbons (Fsp3) is 0.526. The third kappa shape index (κ3) is 6.98. The number of carbonyl (C=O) groups excluding carboxylic acids is 3. The number of nitrogens with zero attached hydrogens (tertiary/aromatic N) is 5. The highest BCUT2D eigenvalue weighted by molar-refractivity contribution is 8.18. The number of allylic oxidation sites excluding steroid dienone is 1. The number of rotatable bonds is 6. The van der Waals surface area contributed by atoms with Crippen LogP contribution in [0.15, 0.2) is 64.1 Å². The summed E-state index contributed by atoms with van der Waals surface area (Å²) in [5.41, 5.74) is 1.37. The number of thioether (sulfide) groups is 1. The van der Waals surface area contributed by atoms with Gasteiger partial charge in [-0.15, -0.1) is 0 Å². The summed E-state index contributed by atoms with van der Waals surface area (Å²) in [6.07, 6.45) is -0.986. The average molecular weight is 759 g/mol. The Bertz CT molecular complexity index is 1760. The van der Waals surface area contributed by atoms with Gasteiger partial charge in [-0.05, 0) is 101 Å². The highest BCUT2D eigenvalue weighted by Gasteiger charge is 2.55. The van der Waals surface area contributed by atoms with Gasteiger partial charge in [0.05, 0.1) is 18.6 Å². The van der Waals surface area contributed by atoms with Crippen molar-refractivity contribution < 1.29 is 23.5 Å². The first-order valence-electron chi connectivity index (χ1n) is 17.4. The van der Waals surface area contributed by atoms with E-state index in [-0.39, 0.29) is 42.9 Å². The lowest BCUT2D eigenvalue weighted by Gasteiger charge is -2.37. The van der Waals surface area contributed by atoms with Gasteiger partial charge in [0.1, 0.15) is 28.3 Å². The molecule has 0 bridgehead atoms. The Hall–Kier alpha value is -3.28. The lowest BCUT2D eigenvalue weighted by molar-refractivity contribution is -0.142. The topological polar surface area (TPSA) is 85.8 Å². The first-order chi connectivity index (χ1) is 23.9. The Morgan fingerprint density at radius 3 is 2.22 bits per heavy atom. The standard InChI is InChI=1S/C38H46Cl2FN5O4S/c1-21(2)30-31(51-35-42-38(7,24-12-16-26(40)17-13-24)32(46(30)35)23-10-14-25(39)15-11-23)34(48)45-22(3)9-18-28(45)33(47)44-19-27(41)29(20-44)43(8)36(49)50-37(4,5)6/h10-17,21-22,27-29,32H,9,18-20H2,1-8H3/t22-,27?,28+,29?,32-,38+/m1/s1. The first kappa shape index (κ1) is 37.5. The largest absolute Gasteiger partial charge is 0.444 e. The van der Waals surface area contributed by atoms with Crippen LogP contribution in [0.25, 0.3) is 0 Å². The molecule has 0 saturated carbocycles. The molecule has 0 aromatic heterocycles. The summed E-state index contributed by atoms with van der Waals surface area (Å²) in [6, 6.07) is 13.3. The van der Waals surface area contributed by atoms with Crippen LogP contribution in [-0.2, 0) is 19.9 Å². The molecule has 0 aliphatic carbocycles. The molecule has 2 aromatic carbocycles. The zero-order valence-electron chi connectivity index (χ0n) is 30.3. The van der Waals surface area contributed by atoms with Crippen molar-refractivity contribution >= 4 is 58.0 Å². The number of hydrogen-bond donors (Lipinski definition) is 0. The van der Waals surface area contributed by atoms with E-state index in [4.69, 9.17) is 32.9 Å². The van der Waals surface area contributed by atoms with E-state index in [1.807, 2.05) is 55.5 Å². The Morgan fingerprint density at radius 1 is 1.02 bits per heavy atom. The van der Waals surface area contributed by atoms with Crippen molar-refractivity contribution in [3.63, 3.8) is 0 Å². The van der Waals surface area contributed by atoms with Crippen molar-refractivity contribution in [3.8, 4) is 0 Å². The number of benzene rings is 2. The number of hydrogen-bond acceptors (Lipinski definition) is 7. The second-order valence-corrected chi connectivity index (χ2v) is 17.3. The quantitative estimate of drug-likeness (QED) is 0.297. The highest BCUT2D eigenvalue weighted by atomic mass is 35.5. The van der Waals surface area contributed by atoms with Crippen LogP contribution in [0.3, 0.4) is 0 Å². The normalized spacial score (nSPS) is 27.7. The summed E-state index contributed by atoms with van der Waals surface area (Å²) < 4.78 is 20.9. The molecule has 2 aromatic rings. The lowest BCUT2D eigenvalue weighted by Crippen LogP contribution is -2.50. The molecule has 6 rings (SSSR count). The summed E-state index contributed by atoms with van der Waals surface area (Å²) in [4.78, 5) is 54.1. The smallest absolute Gasteiger partial charge is 0.410 e. The van der Waals surface area contributed by atoms with Crippen molar-refractivity contribution in [1.29, 1.82) is 0 Å². The number of alkyl halides is 1. The molecule has 0 N–H and O–H groups in total. The Balaban J connectivity index is 1.30. The zero-order chi connectivity index (χ0) is 37.2. The van der Waals surface area contributed by atoms with E-state index in [9.17, 15) is 14.4 Å². The van der Waals surface area contributed by atoms with Crippen LogP contribution in [-0.4, -0.2) is 92.7 Å². The molecule has 2 saturated heterocycles. The van der Waals surface area contributed by atoms with Crippen molar-refractivity contribution in [1.82, 2.24) is 19.6 Å². The number of fused-ring (bicyclic) bond motifs is 1. The summed E-state index contributed by atoms with van der Waals surface area (Å²) in [7, 11) is 1.49. The van der Waals surface area contributed by atoms with Gasteiger partial charge in [-0.25, -0.2) is 14.2 Å². The van der Waals surface area contributed by atoms with Crippen molar-refractivity contribution in [2.75, 3.05) is 20.1 Å². The summed E-state index contributed by atoms with van der Waals surface area (Å²) >= 11 is 13.9. The lowest BCUT2D eigenvalue weighted by atomic mass is 9.81. The van der Waals surface area contributed by atoms with E-state index in [2.05, 4.69) is 25.7 Å². The second-order valence-electron chi connectivity index (χ2n) is 15.4. The molecule has 3 amide bonds. The zero-order valence-corrected chi connectivity index (χ0v) is 32.7. The van der Waals surface area contributed by atoms with Crippen LogP contribution in [0, 0.1) is 5.92 Å². The van der Waals surface area contributed by atoms with E-state index in [0.717, 1.165) is 16.8 Å². The average Bonchev–Trinajstić information content (AvgIpc) is 3.80. The molecule has 4 aliphatic rings. The summed E-state index contributed by atoms with van der Waals surface area (Å²) in [6.45, 7) is 13.3. The fourth-order valence-electron chi connectivity index (χ4n) is 7.72. The molecule has 9 nitrogen and oxygen atoms in total. The molecule has 6 atom stereocenters. The van der Waals surface area contributed by atoms with Crippen LogP contribution in [0.1, 0.15) is 78.5 Å². The SMILES string of the molecule is CC(C)C1=C(C(=O)N2[C@H](C)CC[C@H]2C(=O)N2CC(F)C(N(C)C(=O)OC(C)(C)C)C2)SC2=N[C@@](C)(c3ccc(Cl)cc3)[C@@H](c3ccc(Cl)cc3)N21. The maximum atomic E-state index is 15.4. The minimum absolute atomic E-state index is 0.0218. The third-order valence-electron chi connectivity index (χ3n) is 10.3. The minimum atomic E-state index is -1.44. The molecule has 0 radical (unpaired) electrons. The number of carbonyl (C=O) groups is 3. The van der Waals surface area contributed by atoms with E-state index in [0.29, 0.717) is 33.0 Å². The van der Waals surface area contributed by atoms with Crippen molar-refractivity contribution in [2.45, 2.75) is 103 Å². The van der Waals surface area contributed by atoms with Gasteiger partial charge in [0.25, 0.3) is 5.91 Å². The van der Waals surface area contributed by atoms with Crippen LogP contribution < -0.4 is 0 Å². The van der Waals surface area contributed by atoms with Gasteiger partial charge in [-0.2, -0.15) is 0 Å². The van der Waals surface area contributed by atoms with E-state index in [1.165, 1.54) is 28.6 Å². The Labute approximate surface area is 314 Å². The number of halogens is 3. The van der Waals surface area contributed by atoms with Gasteiger partial charge in [-0.3, -0.25) is 9.59 Å². The van der Waals surface area contributed by atoms with Crippen LogP contribution in [0.5, 0.6) is 0 Å². The maximum Gasteiger partial charge on any atom is 0.410 e. The maximum absolute atomic E-state index is 15.4.